The average Bonchev–Trinajstić information content (AvgIpc) is 2.52. The number of likely N-dealkylation sites (N-methyl/N-ethyl adjacent to an activating group) is 1. The molecule has 1 aliphatic rings. The summed E-state index contributed by atoms with van der Waals surface area (Å²) in [5, 5.41) is 5.28. The fourth-order valence-electron chi connectivity index (χ4n) is 1.78. The molecule has 0 unspecified atom stereocenters. The van der Waals surface area contributed by atoms with Gasteiger partial charge >= 0.3 is 0 Å². The maximum absolute atomic E-state index is 11.1. The molecule has 1 aliphatic carbocycles. The molecule has 1 aromatic heterocycles. The number of nitrogens with two attached hydrogens (primary N) is 3. The number of carbonyl (C=O) groups excluding carboxylic acids is 1. The summed E-state index contributed by atoms with van der Waals surface area (Å²) in [5.41, 5.74) is 17.7. The van der Waals surface area contributed by atoms with Crippen LogP contribution in [0.3, 0.4) is 0 Å². The number of nitrogens with one attached hydrogen (secondary N) is 2. The van der Waals surface area contributed by atoms with Crippen molar-refractivity contribution in [1.82, 2.24) is 10.3 Å². The van der Waals surface area contributed by atoms with E-state index in [9.17, 15) is 4.79 Å². The number of carbonyl (C=O) groups is 1. The van der Waals surface area contributed by atoms with E-state index in [1.165, 1.54) is 0 Å². The zero-order valence-corrected chi connectivity index (χ0v) is 13.4. The SMILES string of the molecule is CNCC(=O)Nc1ccc(N)c(N)n1.COC1=C(N)C=CCC1. The van der Waals surface area contributed by atoms with E-state index in [1.807, 2.05) is 6.08 Å². The van der Waals surface area contributed by atoms with E-state index in [0.29, 0.717) is 11.5 Å². The Morgan fingerprint density at radius 3 is 2.61 bits per heavy atom. The monoisotopic (exact) mass is 320 g/mol. The normalized spacial score (nSPS) is 13.1. The number of rotatable bonds is 4. The number of aromatic nitrogens is 1. The summed E-state index contributed by atoms with van der Waals surface area (Å²) in [4.78, 5) is 15.0. The van der Waals surface area contributed by atoms with Crippen molar-refractivity contribution in [2.75, 3.05) is 37.5 Å². The molecule has 0 aromatic carbocycles. The van der Waals surface area contributed by atoms with E-state index in [0.717, 1.165) is 24.3 Å². The Morgan fingerprint density at radius 1 is 1.35 bits per heavy atom. The van der Waals surface area contributed by atoms with E-state index in [-0.39, 0.29) is 18.3 Å². The molecule has 0 fully saturated rings. The maximum Gasteiger partial charge on any atom is 0.239 e. The van der Waals surface area contributed by atoms with Gasteiger partial charge in [-0.25, -0.2) is 4.98 Å². The van der Waals surface area contributed by atoms with Crippen LogP contribution in [0.1, 0.15) is 12.8 Å². The van der Waals surface area contributed by atoms with Crippen molar-refractivity contribution < 1.29 is 9.53 Å². The van der Waals surface area contributed by atoms with Crippen LogP contribution in [-0.2, 0) is 9.53 Å². The Balaban J connectivity index is 0.000000253. The molecular formula is C15H24N6O2. The van der Waals surface area contributed by atoms with Gasteiger partial charge in [-0.15, -0.1) is 0 Å². The third kappa shape index (κ3) is 6.27. The van der Waals surface area contributed by atoms with Gasteiger partial charge in [-0.3, -0.25) is 4.79 Å². The highest BCUT2D eigenvalue weighted by atomic mass is 16.5. The summed E-state index contributed by atoms with van der Waals surface area (Å²) in [5.74, 6) is 1.35. The van der Waals surface area contributed by atoms with Gasteiger partial charge in [-0.1, -0.05) is 6.08 Å². The fraction of sp³-hybridized carbons (Fsp3) is 0.333. The summed E-state index contributed by atoms with van der Waals surface area (Å²) in [6.07, 6.45) is 5.93. The molecule has 8 nitrogen and oxygen atoms in total. The van der Waals surface area contributed by atoms with E-state index >= 15 is 0 Å². The Morgan fingerprint density at radius 2 is 2.09 bits per heavy atom. The largest absolute Gasteiger partial charge is 0.499 e. The van der Waals surface area contributed by atoms with Crippen LogP contribution in [0.4, 0.5) is 17.3 Å². The molecule has 2 rings (SSSR count). The van der Waals surface area contributed by atoms with Crippen LogP contribution in [0.15, 0.2) is 35.7 Å². The van der Waals surface area contributed by atoms with E-state index < -0.39 is 0 Å². The molecule has 8 heteroatoms. The second-order valence-corrected chi connectivity index (χ2v) is 4.77. The third-order valence-corrected chi connectivity index (χ3v) is 2.97. The van der Waals surface area contributed by atoms with Crippen LogP contribution < -0.4 is 27.8 Å². The zero-order chi connectivity index (χ0) is 17.2. The third-order valence-electron chi connectivity index (χ3n) is 2.97. The van der Waals surface area contributed by atoms with Crippen LogP contribution in [0, 0.1) is 0 Å². The number of nitrogens with zero attached hydrogens (tertiary/aromatic N) is 1. The molecule has 0 spiro atoms. The van der Waals surface area contributed by atoms with Crippen LogP contribution in [0.2, 0.25) is 0 Å². The standard InChI is InChI=1S/C8H13N5O.C7H11NO/c1-11-4-7(14)12-6-3-2-5(9)8(10)13-6;1-9-7-5-3-2-4-6(7)8/h2-3,11H,4,9H2,1H3,(H3,10,12,13,14);2,4H,3,5,8H2,1H3. The molecule has 0 saturated carbocycles. The van der Waals surface area contributed by atoms with Crippen molar-refractivity contribution in [3.05, 3.63) is 35.7 Å². The molecule has 126 valence electrons. The zero-order valence-electron chi connectivity index (χ0n) is 13.4. The van der Waals surface area contributed by atoms with Crippen molar-refractivity contribution in [2.24, 2.45) is 5.73 Å². The number of hydrogen-bond donors (Lipinski definition) is 5. The Kier molecular flexibility index (Phi) is 7.41. The number of pyridine rings is 1. The van der Waals surface area contributed by atoms with Gasteiger partial charge in [-0.05, 0) is 31.7 Å². The topological polar surface area (TPSA) is 141 Å². The molecule has 1 aromatic rings. The maximum atomic E-state index is 11.1. The van der Waals surface area contributed by atoms with E-state index in [2.05, 4.69) is 21.7 Å². The molecule has 0 saturated heterocycles. The van der Waals surface area contributed by atoms with Gasteiger partial charge < -0.3 is 32.6 Å². The smallest absolute Gasteiger partial charge is 0.239 e. The van der Waals surface area contributed by atoms with Crippen molar-refractivity contribution in [3.63, 3.8) is 0 Å². The van der Waals surface area contributed by atoms with Gasteiger partial charge in [0.15, 0.2) is 0 Å². The Hall–Kier alpha value is -2.74. The highest BCUT2D eigenvalue weighted by Gasteiger charge is 2.04. The Bertz CT molecular complexity index is 598. The highest BCUT2D eigenvalue weighted by molar-refractivity contribution is 5.91. The van der Waals surface area contributed by atoms with Gasteiger partial charge in [0.25, 0.3) is 0 Å². The molecule has 0 aliphatic heterocycles. The summed E-state index contributed by atoms with van der Waals surface area (Å²) in [7, 11) is 3.34. The number of hydrogen-bond acceptors (Lipinski definition) is 7. The first-order valence-electron chi connectivity index (χ1n) is 7.13. The van der Waals surface area contributed by atoms with Crippen molar-refractivity contribution in [2.45, 2.75) is 12.8 Å². The number of nitrogen functional groups attached to an aromatic ring is 2. The number of anilines is 3. The quantitative estimate of drug-likeness (QED) is 0.545. The minimum absolute atomic E-state index is 0.177. The van der Waals surface area contributed by atoms with E-state index in [1.54, 1.807) is 26.3 Å². The lowest BCUT2D eigenvalue weighted by Crippen LogP contribution is -2.25. The summed E-state index contributed by atoms with van der Waals surface area (Å²) >= 11 is 0. The Labute approximate surface area is 135 Å². The number of allylic oxidation sites excluding steroid dienone is 3. The lowest BCUT2D eigenvalue weighted by atomic mass is 10.1. The van der Waals surface area contributed by atoms with Gasteiger partial charge in [0.2, 0.25) is 5.91 Å². The van der Waals surface area contributed by atoms with Crippen molar-refractivity contribution >= 4 is 23.2 Å². The first-order valence-corrected chi connectivity index (χ1v) is 7.13. The van der Waals surface area contributed by atoms with Crippen molar-refractivity contribution in [1.29, 1.82) is 0 Å². The number of ether oxygens (including phenoxy) is 1. The van der Waals surface area contributed by atoms with Crippen LogP contribution in [-0.4, -0.2) is 31.6 Å². The molecule has 1 heterocycles. The first kappa shape index (κ1) is 18.3. The molecular weight excluding hydrogens is 296 g/mol. The second-order valence-electron chi connectivity index (χ2n) is 4.77. The van der Waals surface area contributed by atoms with Crippen LogP contribution in [0.5, 0.6) is 0 Å². The van der Waals surface area contributed by atoms with Gasteiger partial charge in [0.05, 0.1) is 25.0 Å². The molecule has 1 amide bonds. The summed E-state index contributed by atoms with van der Waals surface area (Å²) < 4.78 is 5.01. The average molecular weight is 320 g/mol. The second kappa shape index (κ2) is 9.31. The lowest BCUT2D eigenvalue weighted by molar-refractivity contribution is -0.115. The lowest BCUT2D eigenvalue weighted by Gasteiger charge is -2.10. The van der Waals surface area contributed by atoms with Crippen LogP contribution >= 0.6 is 0 Å². The molecule has 8 N–H and O–H groups in total. The minimum Gasteiger partial charge on any atom is -0.499 e. The molecule has 23 heavy (non-hydrogen) atoms. The predicted molar refractivity (Wildman–Crippen MR) is 92.2 cm³/mol. The van der Waals surface area contributed by atoms with E-state index in [4.69, 9.17) is 21.9 Å². The number of methoxy groups -OCH3 is 1. The first-order chi connectivity index (χ1) is 11.0. The fourth-order valence-corrected chi connectivity index (χ4v) is 1.78. The van der Waals surface area contributed by atoms with Gasteiger partial charge in [-0.2, -0.15) is 0 Å². The van der Waals surface area contributed by atoms with Gasteiger partial charge in [0.1, 0.15) is 17.4 Å². The number of amides is 1. The predicted octanol–water partition coefficient (Wildman–Crippen LogP) is 0.557. The summed E-state index contributed by atoms with van der Waals surface area (Å²) in [6.45, 7) is 0.228. The molecule has 0 bridgehead atoms. The van der Waals surface area contributed by atoms with Crippen LogP contribution in [0.25, 0.3) is 0 Å². The minimum atomic E-state index is -0.177. The molecule has 0 radical (unpaired) electrons. The van der Waals surface area contributed by atoms with Crippen molar-refractivity contribution in [3.8, 4) is 0 Å². The summed E-state index contributed by atoms with van der Waals surface area (Å²) in [6, 6.07) is 3.19. The molecule has 0 atom stereocenters. The van der Waals surface area contributed by atoms with Gasteiger partial charge in [0, 0.05) is 6.42 Å². The highest BCUT2D eigenvalue weighted by Crippen LogP contribution is 2.15.